The van der Waals surface area contributed by atoms with Gasteiger partial charge in [0.25, 0.3) is 5.89 Å². The molecule has 0 spiro atoms. The minimum Gasteiger partial charge on any atom is -0.491 e. The Balaban J connectivity index is 1.36. The van der Waals surface area contributed by atoms with Crippen LogP contribution >= 0.6 is 0 Å². The smallest absolute Gasteiger partial charge is 0.422 e. The lowest BCUT2D eigenvalue weighted by molar-refractivity contribution is -0.147. The van der Waals surface area contributed by atoms with Gasteiger partial charge >= 0.3 is 12.1 Å². The fourth-order valence-corrected chi connectivity index (χ4v) is 4.32. The number of aliphatic hydroxyl groups excluding tert-OH is 1. The van der Waals surface area contributed by atoms with E-state index < -0.39 is 41.5 Å². The third kappa shape index (κ3) is 5.42. The predicted molar refractivity (Wildman–Crippen MR) is 134 cm³/mol. The summed E-state index contributed by atoms with van der Waals surface area (Å²) in [6.45, 7) is 4.13. The van der Waals surface area contributed by atoms with E-state index in [1.807, 2.05) is 0 Å². The van der Waals surface area contributed by atoms with E-state index in [-0.39, 0.29) is 42.8 Å². The number of alkyl halides is 3. The molecule has 40 heavy (non-hydrogen) atoms. The molecule has 0 bridgehead atoms. The molecule has 1 aliphatic heterocycles. The summed E-state index contributed by atoms with van der Waals surface area (Å²) in [6, 6.07) is 12.1. The molecule has 2 aromatic carbocycles. The van der Waals surface area contributed by atoms with Gasteiger partial charge in [0.1, 0.15) is 29.7 Å². The maximum absolute atomic E-state index is 14.0. The number of carbonyl (C=O) groups excluding carboxylic acids is 1. The number of aliphatic hydroxyl groups is 1. The topological polar surface area (TPSA) is 133 Å². The Hall–Kier alpha value is -4.23. The molecule has 4 aromatic rings. The summed E-state index contributed by atoms with van der Waals surface area (Å²) in [5.74, 6) is -1.58. The number of nitrogens with zero attached hydrogens (tertiary/aromatic N) is 3. The standard InChI is InChI=1S/C27H25F3N4O6/c1-3-37-26(36)14(2)12-31-18-13-38-19-11-16(9-10-17(19)22(18)35)24-32-25(40-34-24)23-20(27(28,29)30)21(33-39-23)15-7-5-4-6-8-15/h4-11,14,18,22,31,35H,3,12-13H2,1-2H3/t14?,18-,22+/m1/s1. The van der Waals surface area contributed by atoms with Crippen LogP contribution in [0.25, 0.3) is 34.3 Å². The van der Waals surface area contributed by atoms with Gasteiger partial charge in [-0.2, -0.15) is 18.2 Å². The van der Waals surface area contributed by atoms with Gasteiger partial charge in [0.15, 0.2) is 0 Å². The van der Waals surface area contributed by atoms with Crippen LogP contribution in [0.1, 0.15) is 31.1 Å². The number of halogens is 3. The van der Waals surface area contributed by atoms with Crippen LogP contribution < -0.4 is 10.1 Å². The van der Waals surface area contributed by atoms with Gasteiger partial charge in [-0.15, -0.1) is 0 Å². The van der Waals surface area contributed by atoms with Crippen molar-refractivity contribution in [2.24, 2.45) is 5.92 Å². The molecular formula is C27H25F3N4O6. The van der Waals surface area contributed by atoms with Gasteiger partial charge in [0.05, 0.1) is 18.6 Å². The van der Waals surface area contributed by atoms with Gasteiger partial charge in [-0.25, -0.2) is 0 Å². The number of esters is 1. The third-order valence-corrected chi connectivity index (χ3v) is 6.41. The van der Waals surface area contributed by atoms with E-state index in [0.717, 1.165) is 0 Å². The van der Waals surface area contributed by atoms with Crippen molar-refractivity contribution >= 4 is 5.97 Å². The average molecular weight is 559 g/mol. The molecular weight excluding hydrogens is 533 g/mol. The molecule has 1 aliphatic rings. The maximum atomic E-state index is 14.0. The van der Waals surface area contributed by atoms with Crippen LogP contribution in [-0.4, -0.2) is 52.2 Å². The number of carbonyl (C=O) groups is 1. The second-order valence-corrected chi connectivity index (χ2v) is 9.20. The summed E-state index contributed by atoms with van der Waals surface area (Å²) in [7, 11) is 0. The van der Waals surface area contributed by atoms with Crippen molar-refractivity contribution in [2.45, 2.75) is 32.2 Å². The first-order chi connectivity index (χ1) is 19.2. The van der Waals surface area contributed by atoms with Crippen molar-refractivity contribution in [3.8, 4) is 40.0 Å². The average Bonchev–Trinajstić information content (AvgIpc) is 3.61. The zero-order chi connectivity index (χ0) is 28.4. The molecule has 0 radical (unpaired) electrons. The Bertz CT molecular complexity index is 1490. The summed E-state index contributed by atoms with van der Waals surface area (Å²) in [5.41, 5.74) is -0.416. The van der Waals surface area contributed by atoms with Crippen LogP contribution in [-0.2, 0) is 15.7 Å². The molecule has 0 amide bonds. The maximum Gasteiger partial charge on any atom is 0.422 e. The lowest BCUT2D eigenvalue weighted by Crippen LogP contribution is -2.45. The van der Waals surface area contributed by atoms with E-state index in [1.54, 1.807) is 50.2 Å². The molecule has 13 heteroatoms. The molecule has 5 rings (SSSR count). The fraction of sp³-hybridized carbons (Fsp3) is 0.333. The first-order valence-electron chi connectivity index (χ1n) is 12.5. The number of nitrogens with one attached hydrogen (secondary N) is 1. The summed E-state index contributed by atoms with van der Waals surface area (Å²) >= 11 is 0. The van der Waals surface area contributed by atoms with Gasteiger partial charge in [-0.3, -0.25) is 4.79 Å². The monoisotopic (exact) mass is 558 g/mol. The Kier molecular flexibility index (Phi) is 7.59. The van der Waals surface area contributed by atoms with Crippen LogP contribution in [0.4, 0.5) is 13.2 Å². The molecule has 2 aromatic heterocycles. The number of ether oxygens (including phenoxy) is 2. The van der Waals surface area contributed by atoms with Gasteiger partial charge in [-0.1, -0.05) is 59.7 Å². The Morgan fingerprint density at radius 2 is 1.93 bits per heavy atom. The molecule has 3 atom stereocenters. The van der Waals surface area contributed by atoms with E-state index in [1.165, 1.54) is 12.1 Å². The van der Waals surface area contributed by atoms with E-state index in [2.05, 4.69) is 20.6 Å². The molecule has 10 nitrogen and oxygen atoms in total. The fourth-order valence-electron chi connectivity index (χ4n) is 4.32. The Labute approximate surface area is 226 Å². The van der Waals surface area contributed by atoms with E-state index >= 15 is 0 Å². The van der Waals surface area contributed by atoms with Crippen molar-refractivity contribution in [1.82, 2.24) is 20.6 Å². The van der Waals surface area contributed by atoms with Crippen molar-refractivity contribution in [2.75, 3.05) is 19.8 Å². The molecule has 0 fully saturated rings. The largest absolute Gasteiger partial charge is 0.491 e. The van der Waals surface area contributed by atoms with Crippen LogP contribution in [0.2, 0.25) is 0 Å². The minimum absolute atomic E-state index is 0.00909. The number of hydrogen-bond acceptors (Lipinski definition) is 10. The van der Waals surface area contributed by atoms with Crippen molar-refractivity contribution < 1.29 is 41.6 Å². The van der Waals surface area contributed by atoms with Crippen molar-refractivity contribution in [1.29, 1.82) is 0 Å². The molecule has 0 saturated heterocycles. The van der Waals surface area contributed by atoms with Gasteiger partial charge in [0.2, 0.25) is 11.6 Å². The molecule has 0 aliphatic carbocycles. The van der Waals surface area contributed by atoms with Crippen LogP contribution in [0.3, 0.4) is 0 Å². The minimum atomic E-state index is -4.80. The summed E-state index contributed by atoms with van der Waals surface area (Å²) in [4.78, 5) is 16.0. The molecule has 0 saturated carbocycles. The highest BCUT2D eigenvalue weighted by molar-refractivity contribution is 5.72. The van der Waals surface area contributed by atoms with Gasteiger partial charge in [0, 0.05) is 23.2 Å². The Morgan fingerprint density at radius 3 is 2.65 bits per heavy atom. The molecule has 2 N–H and O–H groups in total. The normalized spacial score (nSPS) is 17.6. The van der Waals surface area contributed by atoms with Crippen molar-refractivity contribution in [3.05, 3.63) is 59.7 Å². The number of benzene rings is 2. The van der Waals surface area contributed by atoms with Crippen LogP contribution in [0.15, 0.2) is 57.6 Å². The second-order valence-electron chi connectivity index (χ2n) is 9.20. The lowest BCUT2D eigenvalue weighted by atomic mass is 9.97. The SMILES string of the molecule is CCOC(=O)C(C)CN[C@@H]1COc2cc(-c3noc(-c4onc(-c5ccccc5)c4C(F)(F)F)n3)ccc2[C@@H]1O. The predicted octanol–water partition coefficient (Wildman–Crippen LogP) is 4.66. The second kappa shape index (κ2) is 11.1. The summed E-state index contributed by atoms with van der Waals surface area (Å²) in [5, 5.41) is 21.4. The highest BCUT2D eigenvalue weighted by Crippen LogP contribution is 2.43. The zero-order valence-electron chi connectivity index (χ0n) is 21.4. The quantitative estimate of drug-likeness (QED) is 0.294. The first kappa shape index (κ1) is 27.3. The zero-order valence-corrected chi connectivity index (χ0v) is 21.4. The van der Waals surface area contributed by atoms with Gasteiger partial charge in [-0.05, 0) is 13.0 Å². The van der Waals surface area contributed by atoms with E-state index in [0.29, 0.717) is 16.9 Å². The third-order valence-electron chi connectivity index (χ3n) is 6.41. The number of fused-ring (bicyclic) bond motifs is 1. The highest BCUT2D eigenvalue weighted by Gasteiger charge is 2.43. The molecule has 3 heterocycles. The summed E-state index contributed by atoms with van der Waals surface area (Å²) in [6.07, 6.45) is -5.74. The van der Waals surface area contributed by atoms with Crippen molar-refractivity contribution in [3.63, 3.8) is 0 Å². The molecule has 1 unspecified atom stereocenters. The number of hydrogen-bond donors (Lipinski definition) is 2. The molecule has 210 valence electrons. The summed E-state index contributed by atoms with van der Waals surface area (Å²) < 4.78 is 63.0. The Morgan fingerprint density at radius 1 is 1.15 bits per heavy atom. The van der Waals surface area contributed by atoms with E-state index in [4.69, 9.17) is 18.5 Å². The number of rotatable bonds is 8. The highest BCUT2D eigenvalue weighted by atomic mass is 19.4. The van der Waals surface area contributed by atoms with E-state index in [9.17, 15) is 23.1 Å². The van der Waals surface area contributed by atoms with Gasteiger partial charge < -0.3 is 28.9 Å². The lowest BCUT2D eigenvalue weighted by Gasteiger charge is -2.31. The first-order valence-corrected chi connectivity index (χ1v) is 12.5. The van der Waals surface area contributed by atoms with Crippen LogP contribution in [0, 0.1) is 5.92 Å². The van der Waals surface area contributed by atoms with Crippen LogP contribution in [0.5, 0.6) is 5.75 Å². The number of aromatic nitrogens is 3.